The smallest absolute Gasteiger partial charge is 0.333 e. The Bertz CT molecular complexity index is 754. The minimum Gasteiger partial charge on any atom is -0.463 e. The maximum atomic E-state index is 11.9. The molecule has 0 unspecified atom stereocenters. The van der Waals surface area contributed by atoms with Gasteiger partial charge in [-0.1, -0.05) is 63.5 Å². The zero-order valence-corrected chi connectivity index (χ0v) is 20.7. The van der Waals surface area contributed by atoms with Gasteiger partial charge in [0.05, 0.1) is 13.2 Å². The van der Waals surface area contributed by atoms with Crippen LogP contribution in [0.1, 0.15) is 102 Å². The van der Waals surface area contributed by atoms with Gasteiger partial charge in [0, 0.05) is 11.6 Å². The Morgan fingerprint density at radius 2 is 1.61 bits per heavy atom. The Balaban J connectivity index is 1.61. The van der Waals surface area contributed by atoms with Gasteiger partial charge >= 0.3 is 11.9 Å². The molecule has 4 nitrogen and oxygen atoms in total. The standard InChI is InChI=1S/C29H42O4/c1-4-5-7-10-24-11-16-26(17-12-24)27-18-13-25(14-19-27)15-20-28(30)32-21-8-6-9-22-33-29(31)23(2)3/h13-15,18-20,24,26H,2,4-12,16-17,21-22H2,1,3H3/b20-15+. The zero-order valence-electron chi connectivity index (χ0n) is 20.7. The Morgan fingerprint density at radius 3 is 2.24 bits per heavy atom. The van der Waals surface area contributed by atoms with Crippen molar-refractivity contribution in [2.45, 2.75) is 90.4 Å². The van der Waals surface area contributed by atoms with E-state index in [1.54, 1.807) is 6.92 Å². The molecule has 33 heavy (non-hydrogen) atoms. The Kier molecular flexibility index (Phi) is 12.6. The lowest BCUT2D eigenvalue weighted by molar-refractivity contribution is -0.139. The molecule has 2 rings (SSSR count). The van der Waals surface area contributed by atoms with Crippen molar-refractivity contribution in [3.05, 3.63) is 53.6 Å². The summed E-state index contributed by atoms with van der Waals surface area (Å²) in [6.07, 6.45) is 16.4. The van der Waals surface area contributed by atoms with Crippen LogP contribution in [0.25, 0.3) is 6.08 Å². The first-order chi connectivity index (χ1) is 16.0. The summed E-state index contributed by atoms with van der Waals surface area (Å²) >= 11 is 0. The maximum absolute atomic E-state index is 11.9. The van der Waals surface area contributed by atoms with E-state index in [9.17, 15) is 9.59 Å². The lowest BCUT2D eigenvalue weighted by atomic mass is 9.77. The third-order valence-corrected chi connectivity index (χ3v) is 6.50. The number of esters is 2. The Labute approximate surface area is 200 Å². The fourth-order valence-electron chi connectivity index (χ4n) is 4.40. The van der Waals surface area contributed by atoms with Crippen LogP contribution in [0.15, 0.2) is 42.5 Å². The van der Waals surface area contributed by atoms with E-state index in [4.69, 9.17) is 9.47 Å². The van der Waals surface area contributed by atoms with Crippen molar-refractivity contribution in [1.82, 2.24) is 0 Å². The van der Waals surface area contributed by atoms with Gasteiger partial charge in [-0.25, -0.2) is 9.59 Å². The monoisotopic (exact) mass is 454 g/mol. The van der Waals surface area contributed by atoms with Crippen molar-refractivity contribution in [2.24, 2.45) is 5.92 Å². The van der Waals surface area contributed by atoms with Gasteiger partial charge in [0.2, 0.25) is 0 Å². The van der Waals surface area contributed by atoms with Crippen molar-refractivity contribution in [3.63, 3.8) is 0 Å². The lowest BCUT2D eigenvalue weighted by Crippen LogP contribution is -2.13. The molecule has 182 valence electrons. The van der Waals surface area contributed by atoms with Crippen molar-refractivity contribution in [2.75, 3.05) is 13.2 Å². The van der Waals surface area contributed by atoms with Crippen LogP contribution in [0.3, 0.4) is 0 Å². The minimum atomic E-state index is -0.357. The van der Waals surface area contributed by atoms with Crippen molar-refractivity contribution in [1.29, 1.82) is 0 Å². The molecule has 4 heteroatoms. The van der Waals surface area contributed by atoms with E-state index in [1.807, 2.05) is 6.08 Å². The molecule has 1 aliphatic rings. The van der Waals surface area contributed by atoms with Gasteiger partial charge < -0.3 is 9.47 Å². The average molecular weight is 455 g/mol. The predicted octanol–water partition coefficient (Wildman–Crippen LogP) is 7.39. The number of rotatable bonds is 14. The van der Waals surface area contributed by atoms with Crippen molar-refractivity contribution in [3.8, 4) is 0 Å². The molecule has 0 atom stereocenters. The van der Waals surface area contributed by atoms with Crippen LogP contribution < -0.4 is 0 Å². The molecule has 1 aromatic rings. The van der Waals surface area contributed by atoms with Gasteiger partial charge in [-0.3, -0.25) is 0 Å². The largest absolute Gasteiger partial charge is 0.463 e. The number of carbonyl (C=O) groups is 2. The van der Waals surface area contributed by atoms with Crippen molar-refractivity contribution < 1.29 is 19.1 Å². The lowest BCUT2D eigenvalue weighted by Gasteiger charge is -2.29. The maximum Gasteiger partial charge on any atom is 0.333 e. The summed E-state index contributed by atoms with van der Waals surface area (Å²) in [5.41, 5.74) is 2.85. The number of carbonyl (C=O) groups excluding carboxylic acids is 2. The second kappa shape index (κ2) is 15.5. The van der Waals surface area contributed by atoms with Gasteiger partial charge in [0.1, 0.15) is 0 Å². The molecule has 0 spiro atoms. The van der Waals surface area contributed by atoms with Gasteiger partial charge in [-0.05, 0) is 80.9 Å². The summed E-state index contributed by atoms with van der Waals surface area (Å²) in [4.78, 5) is 23.2. The van der Waals surface area contributed by atoms with Gasteiger partial charge in [0.25, 0.3) is 0 Å². The highest BCUT2D eigenvalue weighted by atomic mass is 16.5. The molecule has 1 aliphatic carbocycles. The second-order valence-electron chi connectivity index (χ2n) is 9.36. The molecule has 0 aromatic heterocycles. The molecule has 1 aromatic carbocycles. The second-order valence-corrected chi connectivity index (χ2v) is 9.36. The number of unbranched alkanes of at least 4 members (excludes halogenated alkanes) is 4. The van der Waals surface area contributed by atoms with Crippen LogP contribution in [-0.4, -0.2) is 25.2 Å². The molecule has 0 aliphatic heterocycles. The van der Waals surface area contributed by atoms with Crippen LogP contribution in [0.5, 0.6) is 0 Å². The van der Waals surface area contributed by atoms with E-state index in [0.717, 1.165) is 30.7 Å². The number of hydrogen-bond donors (Lipinski definition) is 0. The average Bonchev–Trinajstić information content (AvgIpc) is 2.83. The SMILES string of the molecule is C=C(C)C(=O)OCCCCCOC(=O)/C=C/c1ccc(C2CCC(CCCCC)CC2)cc1. The van der Waals surface area contributed by atoms with E-state index < -0.39 is 0 Å². The number of hydrogen-bond acceptors (Lipinski definition) is 4. The Hall–Kier alpha value is -2.36. The first kappa shape index (κ1) is 26.9. The Morgan fingerprint density at radius 1 is 0.939 bits per heavy atom. The van der Waals surface area contributed by atoms with Crippen LogP contribution in [0, 0.1) is 5.92 Å². The van der Waals surface area contributed by atoms with Crippen LogP contribution in [0.2, 0.25) is 0 Å². The normalized spacial score (nSPS) is 18.2. The van der Waals surface area contributed by atoms with Gasteiger partial charge in [-0.15, -0.1) is 0 Å². The summed E-state index contributed by atoms with van der Waals surface area (Å²) < 4.78 is 10.3. The summed E-state index contributed by atoms with van der Waals surface area (Å²) in [5.74, 6) is 0.929. The molecular weight excluding hydrogens is 412 g/mol. The van der Waals surface area contributed by atoms with Crippen LogP contribution in [0.4, 0.5) is 0 Å². The molecule has 0 bridgehead atoms. The third-order valence-electron chi connectivity index (χ3n) is 6.50. The third kappa shape index (κ3) is 10.9. The van der Waals surface area contributed by atoms with Gasteiger partial charge in [0.15, 0.2) is 0 Å². The molecule has 1 fully saturated rings. The highest BCUT2D eigenvalue weighted by Gasteiger charge is 2.21. The number of benzene rings is 1. The van der Waals surface area contributed by atoms with E-state index in [0.29, 0.717) is 24.7 Å². The zero-order chi connectivity index (χ0) is 23.9. The molecule has 0 amide bonds. The number of ether oxygens (including phenoxy) is 2. The molecular formula is C29H42O4. The topological polar surface area (TPSA) is 52.6 Å². The molecule has 0 radical (unpaired) electrons. The predicted molar refractivity (Wildman–Crippen MR) is 135 cm³/mol. The quantitative estimate of drug-likeness (QED) is 0.167. The first-order valence-electron chi connectivity index (χ1n) is 12.8. The highest BCUT2D eigenvalue weighted by molar-refractivity contribution is 5.87. The van der Waals surface area contributed by atoms with Crippen LogP contribution >= 0.6 is 0 Å². The molecule has 0 saturated heterocycles. The fraction of sp³-hybridized carbons (Fsp3) is 0.586. The highest BCUT2D eigenvalue weighted by Crippen LogP contribution is 2.37. The van der Waals surface area contributed by atoms with Crippen molar-refractivity contribution >= 4 is 18.0 Å². The molecule has 0 heterocycles. The minimum absolute atomic E-state index is 0.325. The fourth-order valence-corrected chi connectivity index (χ4v) is 4.40. The van der Waals surface area contributed by atoms with Crippen LogP contribution in [-0.2, 0) is 19.1 Å². The van der Waals surface area contributed by atoms with E-state index in [-0.39, 0.29) is 11.9 Å². The summed E-state index contributed by atoms with van der Waals surface area (Å²) in [7, 11) is 0. The van der Waals surface area contributed by atoms with E-state index in [1.165, 1.54) is 63.0 Å². The first-order valence-corrected chi connectivity index (χ1v) is 12.8. The van der Waals surface area contributed by atoms with E-state index >= 15 is 0 Å². The molecule has 1 saturated carbocycles. The summed E-state index contributed by atoms with van der Waals surface area (Å²) in [6, 6.07) is 8.62. The molecule has 0 N–H and O–H groups in total. The van der Waals surface area contributed by atoms with E-state index in [2.05, 4.69) is 37.8 Å². The summed E-state index contributed by atoms with van der Waals surface area (Å²) in [5, 5.41) is 0. The van der Waals surface area contributed by atoms with Gasteiger partial charge in [-0.2, -0.15) is 0 Å². The summed E-state index contributed by atoms with van der Waals surface area (Å²) in [6.45, 7) is 8.19.